The molecule has 3 nitrogen and oxygen atoms in total. The van der Waals surface area contributed by atoms with Crippen LogP contribution in [-0.2, 0) is 7.05 Å². The number of pyridine rings is 1. The van der Waals surface area contributed by atoms with Crippen LogP contribution in [0, 0.1) is 6.92 Å². The molecule has 2 heterocycles. The average molecular weight is 250 g/mol. The molecule has 19 heavy (non-hydrogen) atoms. The summed E-state index contributed by atoms with van der Waals surface area (Å²) in [5, 5.41) is 0. The van der Waals surface area contributed by atoms with Crippen LogP contribution in [-0.4, -0.2) is 9.55 Å². The van der Waals surface area contributed by atoms with Crippen LogP contribution in [0.5, 0.6) is 0 Å². The van der Waals surface area contributed by atoms with Gasteiger partial charge in [0.1, 0.15) is 18.1 Å². The Morgan fingerprint density at radius 2 is 1.79 bits per heavy atom. The highest BCUT2D eigenvalue weighted by molar-refractivity contribution is 5.60. The molecule has 0 saturated heterocycles. The van der Waals surface area contributed by atoms with E-state index in [1.165, 1.54) is 17.0 Å². The smallest absolute Gasteiger partial charge is 0.264 e. The summed E-state index contributed by atoms with van der Waals surface area (Å²) >= 11 is 0. The van der Waals surface area contributed by atoms with Gasteiger partial charge in [-0.3, -0.25) is 4.98 Å². The Morgan fingerprint density at radius 1 is 1.05 bits per heavy atom. The zero-order chi connectivity index (χ0) is 13.2. The minimum Gasteiger partial charge on any atom is -0.264 e. The van der Waals surface area contributed by atoms with Crippen LogP contribution in [0.3, 0.4) is 0 Å². The lowest BCUT2D eigenvalue weighted by molar-refractivity contribution is -0.659. The highest BCUT2D eigenvalue weighted by Crippen LogP contribution is 2.22. The minimum atomic E-state index is 1.12. The van der Waals surface area contributed by atoms with E-state index in [-0.39, 0.29) is 0 Å². The lowest BCUT2D eigenvalue weighted by Gasteiger charge is -2.05. The second kappa shape index (κ2) is 4.69. The first-order chi connectivity index (χ1) is 9.27. The summed E-state index contributed by atoms with van der Waals surface area (Å²) in [5.74, 6) is 1.17. The highest BCUT2D eigenvalue weighted by atomic mass is 15.1. The van der Waals surface area contributed by atoms with E-state index in [4.69, 9.17) is 0 Å². The van der Waals surface area contributed by atoms with Crippen molar-refractivity contribution in [3.63, 3.8) is 0 Å². The molecule has 0 fully saturated rings. The predicted octanol–water partition coefficient (Wildman–Crippen LogP) is 2.67. The normalized spacial score (nSPS) is 10.6. The monoisotopic (exact) mass is 250 g/mol. The Balaban J connectivity index is 2.23. The zero-order valence-electron chi connectivity index (χ0n) is 11.1. The van der Waals surface area contributed by atoms with Crippen molar-refractivity contribution in [3.05, 3.63) is 66.7 Å². The number of aromatic nitrogens is 3. The van der Waals surface area contributed by atoms with E-state index < -0.39 is 0 Å². The second-order valence-corrected chi connectivity index (χ2v) is 4.62. The van der Waals surface area contributed by atoms with Gasteiger partial charge in [-0.25, -0.2) is 4.57 Å². The molecule has 0 aliphatic heterocycles. The fourth-order valence-corrected chi connectivity index (χ4v) is 2.33. The Bertz CT molecular complexity index is 699. The van der Waals surface area contributed by atoms with Gasteiger partial charge >= 0.3 is 0 Å². The van der Waals surface area contributed by atoms with Gasteiger partial charge in [-0.05, 0) is 18.6 Å². The molecule has 3 heteroatoms. The van der Waals surface area contributed by atoms with Crippen molar-refractivity contribution in [3.8, 4) is 17.1 Å². The number of benzene rings is 1. The molecule has 1 aromatic carbocycles. The molecule has 0 saturated carbocycles. The Hall–Kier alpha value is -2.42. The third-order valence-corrected chi connectivity index (χ3v) is 3.33. The van der Waals surface area contributed by atoms with Crippen LogP contribution in [0.4, 0.5) is 0 Å². The topological polar surface area (TPSA) is 21.7 Å². The van der Waals surface area contributed by atoms with E-state index in [0.29, 0.717) is 0 Å². The summed E-state index contributed by atoms with van der Waals surface area (Å²) in [6.07, 6.45) is 7.78. The fraction of sp³-hybridized carbons (Fsp3) is 0.125. The molecule has 94 valence electrons. The van der Waals surface area contributed by atoms with Crippen molar-refractivity contribution < 1.29 is 4.57 Å². The molecule has 3 aromatic rings. The second-order valence-electron chi connectivity index (χ2n) is 4.62. The summed E-state index contributed by atoms with van der Waals surface area (Å²) in [4.78, 5) is 4.08. The predicted molar refractivity (Wildman–Crippen MR) is 74.9 cm³/mol. The lowest BCUT2D eigenvalue weighted by atomic mass is 10.1. The first-order valence-electron chi connectivity index (χ1n) is 6.31. The number of hydrogen-bond donors (Lipinski definition) is 0. The average Bonchev–Trinajstić information content (AvgIpc) is 2.82. The Kier molecular flexibility index (Phi) is 2.88. The van der Waals surface area contributed by atoms with Gasteiger partial charge in [0, 0.05) is 24.5 Å². The number of aryl methyl sites for hydroxylation is 2. The Morgan fingerprint density at radius 3 is 2.53 bits per heavy atom. The van der Waals surface area contributed by atoms with Gasteiger partial charge in [0.15, 0.2) is 0 Å². The van der Waals surface area contributed by atoms with Crippen molar-refractivity contribution in [1.29, 1.82) is 0 Å². The zero-order valence-corrected chi connectivity index (χ0v) is 11.1. The van der Waals surface area contributed by atoms with Gasteiger partial charge in [-0.1, -0.05) is 18.2 Å². The van der Waals surface area contributed by atoms with Gasteiger partial charge in [-0.2, -0.15) is 4.57 Å². The summed E-state index contributed by atoms with van der Waals surface area (Å²) in [6.45, 7) is 2.14. The minimum absolute atomic E-state index is 1.12. The molecule has 0 atom stereocenters. The van der Waals surface area contributed by atoms with E-state index in [0.717, 1.165) is 5.69 Å². The first-order valence-corrected chi connectivity index (χ1v) is 6.31. The van der Waals surface area contributed by atoms with Crippen molar-refractivity contribution >= 4 is 0 Å². The third kappa shape index (κ3) is 2.03. The van der Waals surface area contributed by atoms with Crippen LogP contribution in [0.2, 0.25) is 0 Å². The fourth-order valence-electron chi connectivity index (χ4n) is 2.33. The van der Waals surface area contributed by atoms with Crippen molar-refractivity contribution in [1.82, 2.24) is 9.55 Å². The van der Waals surface area contributed by atoms with Crippen molar-refractivity contribution in [2.24, 2.45) is 7.05 Å². The highest BCUT2D eigenvalue weighted by Gasteiger charge is 2.19. The van der Waals surface area contributed by atoms with Crippen LogP contribution < -0.4 is 4.57 Å². The molecule has 0 aliphatic rings. The van der Waals surface area contributed by atoms with Crippen LogP contribution in [0.15, 0.2) is 61.2 Å². The first kappa shape index (κ1) is 11.7. The van der Waals surface area contributed by atoms with Gasteiger partial charge < -0.3 is 0 Å². The standard InChI is InChI=1S/C16H16N3/c1-13-5-3-4-6-15(13)16-18(2)11-12-19(16)14-7-9-17-10-8-14/h3-12H,1-2H3/q+1. The molecule has 0 spiro atoms. The maximum absolute atomic E-state index is 4.08. The van der Waals surface area contributed by atoms with E-state index in [9.17, 15) is 0 Å². The van der Waals surface area contributed by atoms with E-state index in [1.807, 2.05) is 24.5 Å². The van der Waals surface area contributed by atoms with Crippen molar-refractivity contribution in [2.45, 2.75) is 6.92 Å². The molecule has 0 unspecified atom stereocenters. The van der Waals surface area contributed by atoms with Crippen LogP contribution in [0.25, 0.3) is 17.1 Å². The van der Waals surface area contributed by atoms with Gasteiger partial charge in [0.2, 0.25) is 0 Å². The van der Waals surface area contributed by atoms with Crippen LogP contribution in [0.1, 0.15) is 5.56 Å². The summed E-state index contributed by atoms with van der Waals surface area (Å²) in [5.41, 5.74) is 3.63. The number of nitrogens with zero attached hydrogens (tertiary/aromatic N) is 3. The van der Waals surface area contributed by atoms with Crippen molar-refractivity contribution in [2.75, 3.05) is 0 Å². The molecule has 0 aliphatic carbocycles. The molecule has 2 aromatic heterocycles. The van der Waals surface area contributed by atoms with E-state index >= 15 is 0 Å². The summed E-state index contributed by atoms with van der Waals surface area (Å²) in [7, 11) is 2.07. The molecular weight excluding hydrogens is 234 g/mol. The van der Waals surface area contributed by atoms with Crippen LogP contribution >= 0.6 is 0 Å². The molecule has 3 rings (SSSR count). The van der Waals surface area contributed by atoms with E-state index in [1.54, 1.807) is 0 Å². The largest absolute Gasteiger partial charge is 0.294 e. The SMILES string of the molecule is Cc1ccccc1-c1n(-c2ccncc2)cc[n+]1C. The van der Waals surface area contributed by atoms with Gasteiger partial charge in [0.25, 0.3) is 5.82 Å². The molecule has 0 N–H and O–H groups in total. The number of imidazole rings is 1. The lowest BCUT2D eigenvalue weighted by Crippen LogP contribution is -2.29. The maximum atomic E-state index is 4.08. The molecular formula is C16H16N3+. The van der Waals surface area contributed by atoms with E-state index in [2.05, 4.69) is 64.7 Å². The maximum Gasteiger partial charge on any atom is 0.294 e. The molecule has 0 amide bonds. The number of hydrogen-bond acceptors (Lipinski definition) is 1. The third-order valence-electron chi connectivity index (χ3n) is 3.33. The quantitative estimate of drug-likeness (QED) is 0.641. The summed E-state index contributed by atoms with van der Waals surface area (Å²) in [6, 6.07) is 12.5. The van der Waals surface area contributed by atoms with Gasteiger partial charge in [0.05, 0.1) is 12.6 Å². The summed E-state index contributed by atoms with van der Waals surface area (Å²) < 4.78 is 4.33. The Labute approximate surface area is 112 Å². The molecule has 0 radical (unpaired) electrons. The molecule has 0 bridgehead atoms. The number of rotatable bonds is 2. The van der Waals surface area contributed by atoms with Gasteiger partial charge in [-0.15, -0.1) is 0 Å².